The third-order valence-electron chi connectivity index (χ3n) is 6.47. The molecule has 50 heavy (non-hydrogen) atoms. The predicted molar refractivity (Wildman–Crippen MR) is 206 cm³/mol. The van der Waals surface area contributed by atoms with Crippen LogP contribution in [0, 0.1) is 31.7 Å². The van der Waals surface area contributed by atoms with E-state index in [0.29, 0.717) is 0 Å². The molecule has 0 saturated heterocycles. The van der Waals surface area contributed by atoms with Crippen LogP contribution >= 0.6 is 0 Å². The maximum Gasteiger partial charge on any atom is 5.00 e. The molecule has 2 aliphatic heterocycles. The Labute approximate surface area is 306 Å². The molecule has 5 heteroatoms. The van der Waals surface area contributed by atoms with E-state index in [-0.39, 0.29) is 24.5 Å². The molecule has 245 valence electrons. The first-order valence-electron chi connectivity index (χ1n) is 15.5. The molecule has 3 aromatic heterocycles. The van der Waals surface area contributed by atoms with Crippen LogP contribution in [0.3, 0.4) is 0 Å². The van der Waals surface area contributed by atoms with Gasteiger partial charge in [0.1, 0.15) is 0 Å². The molecule has 0 fully saturated rings. The van der Waals surface area contributed by atoms with Crippen LogP contribution in [-0.2, 0) is 17.1 Å². The molecular formula is C45H37FeN4. The van der Waals surface area contributed by atoms with Gasteiger partial charge in [0.15, 0.2) is 0 Å². The van der Waals surface area contributed by atoms with Crippen LogP contribution in [0.15, 0.2) is 170 Å². The number of nitrogens with zero attached hydrogens (tertiary/aromatic N) is 2. The van der Waals surface area contributed by atoms with Gasteiger partial charge in [-0.05, 0) is 72.8 Å². The van der Waals surface area contributed by atoms with Gasteiger partial charge in [-0.25, -0.2) is 9.97 Å². The van der Waals surface area contributed by atoms with E-state index in [1.54, 1.807) is 0 Å². The third-order valence-corrected chi connectivity index (χ3v) is 6.47. The molecule has 0 aliphatic carbocycles. The van der Waals surface area contributed by atoms with Crippen molar-refractivity contribution in [3.63, 3.8) is 0 Å². The number of aromatic nitrogens is 4. The summed E-state index contributed by atoms with van der Waals surface area (Å²) in [6.07, 6.45) is 8.05. The average Bonchev–Trinajstić information content (AvgIpc) is 4.00. The molecule has 2 N–H and O–H groups in total. The van der Waals surface area contributed by atoms with Gasteiger partial charge in [-0.3, -0.25) is 0 Å². The smallest absolute Gasteiger partial charge is 0.358 e. The number of fused-ring (bicyclic) bond motifs is 8. The van der Waals surface area contributed by atoms with Crippen molar-refractivity contribution in [2.75, 3.05) is 0 Å². The average molecular weight is 690 g/mol. The van der Waals surface area contributed by atoms with Gasteiger partial charge in [0.2, 0.25) is 0 Å². The van der Waals surface area contributed by atoms with Crippen molar-refractivity contribution in [3.8, 4) is 0 Å². The largest absolute Gasteiger partial charge is 5.00 e. The van der Waals surface area contributed by atoms with Crippen LogP contribution in [0.5, 0.6) is 0 Å². The van der Waals surface area contributed by atoms with Crippen molar-refractivity contribution in [1.29, 1.82) is 0 Å². The Morgan fingerprint density at radius 1 is 0.340 bits per heavy atom. The number of nitrogens with one attached hydrogen (secondary N) is 2. The van der Waals surface area contributed by atoms with E-state index in [1.807, 2.05) is 164 Å². The molecule has 1 radical (unpaired) electrons. The second-order valence-corrected chi connectivity index (χ2v) is 10.2. The van der Waals surface area contributed by atoms with Gasteiger partial charge >= 0.3 is 17.1 Å². The molecule has 0 atom stereocenters. The standard InChI is InChI=1S/C20H14N4.4C6H5.CH3.Fe/c1-2-14-10-16-5-6-18(23-16)12-20-8-7-19(24-20)11-17-4-3-15(22-17)9-13(1)21-14;4*1-2-4-6-5-3-1;;/h1-12,21-22H;4*1-5H;1H3;/q;5*-1;+5. The Kier molecular flexibility index (Phi) is 17.3. The minimum Gasteiger partial charge on any atom is -0.358 e. The fourth-order valence-electron chi connectivity index (χ4n) is 4.31. The summed E-state index contributed by atoms with van der Waals surface area (Å²) in [5, 5.41) is 0. The Morgan fingerprint density at radius 2 is 0.600 bits per heavy atom. The number of rotatable bonds is 0. The van der Waals surface area contributed by atoms with Crippen LogP contribution in [0.1, 0.15) is 22.8 Å². The Hall–Kier alpha value is -6.00. The van der Waals surface area contributed by atoms with Crippen molar-refractivity contribution in [1.82, 2.24) is 19.9 Å². The predicted octanol–water partition coefficient (Wildman–Crippen LogP) is 11.1. The maximum atomic E-state index is 4.62. The van der Waals surface area contributed by atoms with E-state index in [1.165, 1.54) is 0 Å². The van der Waals surface area contributed by atoms with Gasteiger partial charge in [-0.15, -0.1) is 0 Å². The second kappa shape index (κ2) is 22.5. The summed E-state index contributed by atoms with van der Waals surface area (Å²) in [4.78, 5) is 16.0. The van der Waals surface area contributed by atoms with Crippen LogP contribution in [0.25, 0.3) is 46.4 Å². The Balaban J connectivity index is 0.000000211. The Morgan fingerprint density at radius 3 is 0.840 bits per heavy atom. The van der Waals surface area contributed by atoms with Crippen LogP contribution in [0.2, 0.25) is 0 Å². The normalized spacial score (nSPS) is 9.92. The van der Waals surface area contributed by atoms with Crippen LogP contribution in [0.4, 0.5) is 0 Å². The van der Waals surface area contributed by atoms with E-state index < -0.39 is 0 Å². The summed E-state index contributed by atoms with van der Waals surface area (Å²) >= 11 is 0. The van der Waals surface area contributed by atoms with Gasteiger partial charge in [-0.1, -0.05) is 0 Å². The molecule has 0 saturated carbocycles. The van der Waals surface area contributed by atoms with Crippen molar-refractivity contribution in [3.05, 3.63) is 224 Å². The zero-order chi connectivity index (χ0) is 32.9. The molecule has 7 aromatic rings. The first kappa shape index (κ1) is 38.4. The van der Waals surface area contributed by atoms with Gasteiger partial charge < -0.3 is 17.4 Å². The number of aromatic amines is 2. The summed E-state index contributed by atoms with van der Waals surface area (Å²) in [6, 6.07) is 66.4. The van der Waals surface area contributed by atoms with Crippen LogP contribution < -0.4 is 0 Å². The van der Waals surface area contributed by atoms with Crippen LogP contribution in [-0.4, -0.2) is 19.9 Å². The van der Waals surface area contributed by atoms with E-state index in [2.05, 4.69) is 74.5 Å². The molecule has 5 heterocycles. The van der Waals surface area contributed by atoms with Crippen molar-refractivity contribution in [2.45, 2.75) is 0 Å². The molecule has 0 spiro atoms. The van der Waals surface area contributed by atoms with Crippen molar-refractivity contribution in [2.24, 2.45) is 0 Å². The number of hydrogen-bond donors (Lipinski definition) is 2. The fraction of sp³-hybridized carbons (Fsp3) is 0. The van der Waals surface area contributed by atoms with Gasteiger partial charge in [0.05, 0.1) is 22.8 Å². The molecular weight excluding hydrogens is 652 g/mol. The summed E-state index contributed by atoms with van der Waals surface area (Å²) in [6.45, 7) is 0. The molecule has 0 unspecified atom stereocenters. The first-order valence-corrected chi connectivity index (χ1v) is 15.5. The molecule has 4 aromatic carbocycles. The minimum absolute atomic E-state index is 0. The zero-order valence-corrected chi connectivity index (χ0v) is 28.8. The van der Waals surface area contributed by atoms with E-state index >= 15 is 0 Å². The van der Waals surface area contributed by atoms with E-state index in [9.17, 15) is 0 Å². The number of hydrogen-bond acceptors (Lipinski definition) is 2. The quantitative estimate of drug-likeness (QED) is 0.123. The van der Waals surface area contributed by atoms with E-state index in [0.717, 1.165) is 44.8 Å². The second-order valence-electron chi connectivity index (χ2n) is 10.2. The topological polar surface area (TPSA) is 57.4 Å². The van der Waals surface area contributed by atoms with Gasteiger partial charge in [0, 0.05) is 22.1 Å². The molecule has 9 rings (SSSR count). The van der Waals surface area contributed by atoms with Crippen molar-refractivity contribution >= 4 is 46.4 Å². The number of benzene rings is 4. The van der Waals surface area contributed by atoms with Gasteiger partial charge in [-0.2, -0.15) is 146 Å². The minimum atomic E-state index is 0. The SMILES string of the molecule is C1=Cc2cc3ccc(cc4ccc(cc5nc(cc1n2)C=C5)[nH]4)[nH]3.[CH3-].[Fe+5].[c-]1ccccc1.[c-]1ccccc1.[c-]1ccccc1.[c-]1ccccc1. The summed E-state index contributed by atoms with van der Waals surface area (Å²) < 4.78 is 0. The molecule has 2 aliphatic rings. The number of H-pyrrole nitrogens is 2. The fourth-order valence-corrected chi connectivity index (χ4v) is 4.31. The van der Waals surface area contributed by atoms with Gasteiger partial charge in [0.25, 0.3) is 0 Å². The third kappa shape index (κ3) is 14.4. The first-order chi connectivity index (χ1) is 23.8. The molecule has 8 bridgehead atoms. The summed E-state index contributed by atoms with van der Waals surface area (Å²) in [5.74, 6) is 0. The van der Waals surface area contributed by atoms with Crippen molar-refractivity contribution < 1.29 is 17.1 Å². The van der Waals surface area contributed by atoms with E-state index in [4.69, 9.17) is 0 Å². The Bertz CT molecular complexity index is 1800. The zero-order valence-electron chi connectivity index (χ0n) is 27.7. The molecule has 0 amide bonds. The maximum absolute atomic E-state index is 4.62. The monoisotopic (exact) mass is 689 g/mol. The summed E-state index contributed by atoms with van der Waals surface area (Å²) in [5.41, 5.74) is 7.86. The molecule has 4 nitrogen and oxygen atoms in total. The summed E-state index contributed by atoms with van der Waals surface area (Å²) in [7, 11) is 0.